The van der Waals surface area contributed by atoms with Gasteiger partial charge < -0.3 is 19.4 Å². The molecule has 0 bridgehead atoms. The molecule has 0 aliphatic carbocycles. The van der Waals surface area contributed by atoms with Crippen LogP contribution in [0, 0.1) is 0 Å². The first kappa shape index (κ1) is 15.0. The highest BCUT2D eigenvalue weighted by atomic mass is 16.7. The molecule has 0 saturated heterocycles. The van der Waals surface area contributed by atoms with E-state index in [0.29, 0.717) is 30.0 Å². The predicted octanol–water partition coefficient (Wildman–Crippen LogP) is 1.71. The van der Waals surface area contributed by atoms with Crippen molar-refractivity contribution in [3.05, 3.63) is 35.4 Å². The van der Waals surface area contributed by atoms with Gasteiger partial charge in [0.25, 0.3) is 5.91 Å². The molecule has 1 N–H and O–H groups in total. The van der Waals surface area contributed by atoms with Crippen LogP contribution < -0.4 is 14.8 Å². The molecule has 0 atom stereocenters. The Morgan fingerprint density at radius 1 is 1.17 bits per heavy atom. The Kier molecular flexibility index (Phi) is 4.06. The summed E-state index contributed by atoms with van der Waals surface area (Å²) in [5.41, 5.74) is 0.569. The summed E-state index contributed by atoms with van der Waals surface area (Å²) in [7, 11) is 0. The molecule has 2 aliphatic rings. The molecule has 4 rings (SSSR count). The van der Waals surface area contributed by atoms with Gasteiger partial charge in [-0.2, -0.15) is 0 Å². The second-order valence-electron chi connectivity index (χ2n) is 6.07. The maximum absolute atomic E-state index is 12.3. The Hall–Kier alpha value is -2.57. The summed E-state index contributed by atoms with van der Waals surface area (Å²) in [4.78, 5) is 12.3. The zero-order valence-corrected chi connectivity index (χ0v) is 13.5. The number of benzene rings is 1. The van der Waals surface area contributed by atoms with E-state index in [4.69, 9.17) is 9.47 Å². The van der Waals surface area contributed by atoms with E-state index in [2.05, 4.69) is 20.1 Å². The first-order chi connectivity index (χ1) is 11.8. The van der Waals surface area contributed by atoms with Gasteiger partial charge in [0, 0.05) is 31.5 Å². The van der Waals surface area contributed by atoms with Crippen LogP contribution in [0.5, 0.6) is 11.5 Å². The second kappa shape index (κ2) is 6.51. The lowest BCUT2D eigenvalue weighted by Crippen LogP contribution is -2.26. The lowest BCUT2D eigenvalue weighted by molar-refractivity contribution is 0.0953. The van der Waals surface area contributed by atoms with Gasteiger partial charge >= 0.3 is 0 Å². The average molecular weight is 328 g/mol. The number of rotatable bonds is 4. The van der Waals surface area contributed by atoms with E-state index in [1.807, 2.05) is 0 Å². The lowest BCUT2D eigenvalue weighted by Gasteiger charge is -2.08. The summed E-state index contributed by atoms with van der Waals surface area (Å²) >= 11 is 0. The van der Waals surface area contributed by atoms with Gasteiger partial charge in [0.05, 0.1) is 0 Å². The van der Waals surface area contributed by atoms with Crippen LogP contribution in [0.15, 0.2) is 18.2 Å². The largest absolute Gasteiger partial charge is 0.454 e. The van der Waals surface area contributed by atoms with Crippen LogP contribution in [0.1, 0.15) is 41.3 Å². The van der Waals surface area contributed by atoms with Crippen molar-refractivity contribution >= 4 is 5.91 Å². The highest BCUT2D eigenvalue weighted by molar-refractivity contribution is 5.94. The minimum atomic E-state index is -0.121. The number of aryl methyl sites for hydroxylation is 1. The van der Waals surface area contributed by atoms with E-state index in [-0.39, 0.29) is 12.7 Å². The summed E-state index contributed by atoms with van der Waals surface area (Å²) in [6.45, 7) is 1.72. The number of nitrogens with zero attached hydrogens (tertiary/aromatic N) is 3. The number of nitrogens with one attached hydrogen (secondary N) is 1. The Balaban J connectivity index is 1.36. The van der Waals surface area contributed by atoms with Crippen molar-refractivity contribution in [3.8, 4) is 11.5 Å². The van der Waals surface area contributed by atoms with Crippen molar-refractivity contribution in [1.29, 1.82) is 0 Å². The number of carbonyl (C=O) groups is 1. The van der Waals surface area contributed by atoms with Gasteiger partial charge in [-0.25, -0.2) is 0 Å². The molecule has 0 spiro atoms. The van der Waals surface area contributed by atoms with E-state index in [1.165, 1.54) is 19.3 Å². The quantitative estimate of drug-likeness (QED) is 0.924. The van der Waals surface area contributed by atoms with Crippen LogP contribution in [0.25, 0.3) is 0 Å². The van der Waals surface area contributed by atoms with E-state index < -0.39 is 0 Å². The van der Waals surface area contributed by atoms with E-state index in [0.717, 1.165) is 24.6 Å². The number of ether oxygens (including phenoxy) is 2. The topological polar surface area (TPSA) is 78.3 Å². The fraction of sp³-hybridized carbons (Fsp3) is 0.471. The summed E-state index contributed by atoms with van der Waals surface area (Å²) in [6.07, 6.45) is 5.27. The van der Waals surface area contributed by atoms with E-state index in [1.54, 1.807) is 18.2 Å². The molecule has 126 valence electrons. The van der Waals surface area contributed by atoms with Crippen LogP contribution in [0.2, 0.25) is 0 Å². The first-order valence-corrected chi connectivity index (χ1v) is 8.40. The third-order valence-electron chi connectivity index (χ3n) is 4.46. The van der Waals surface area contributed by atoms with Crippen molar-refractivity contribution in [3.63, 3.8) is 0 Å². The fourth-order valence-corrected chi connectivity index (χ4v) is 3.16. The molecule has 2 aliphatic heterocycles. The molecule has 0 fully saturated rings. The zero-order valence-electron chi connectivity index (χ0n) is 13.5. The fourth-order valence-electron chi connectivity index (χ4n) is 3.16. The summed E-state index contributed by atoms with van der Waals surface area (Å²) in [6, 6.07) is 5.21. The van der Waals surface area contributed by atoms with E-state index >= 15 is 0 Å². The number of amides is 1. The molecular weight excluding hydrogens is 308 g/mol. The van der Waals surface area contributed by atoms with Gasteiger partial charge in [0.1, 0.15) is 11.6 Å². The van der Waals surface area contributed by atoms with Crippen LogP contribution >= 0.6 is 0 Å². The van der Waals surface area contributed by atoms with Gasteiger partial charge in [-0.15, -0.1) is 10.2 Å². The summed E-state index contributed by atoms with van der Waals surface area (Å²) in [5, 5.41) is 11.5. The Morgan fingerprint density at radius 3 is 3.04 bits per heavy atom. The van der Waals surface area contributed by atoms with Crippen molar-refractivity contribution in [2.75, 3.05) is 13.3 Å². The monoisotopic (exact) mass is 328 g/mol. The molecule has 0 saturated carbocycles. The Morgan fingerprint density at radius 2 is 2.08 bits per heavy atom. The van der Waals surface area contributed by atoms with Crippen LogP contribution in [0.3, 0.4) is 0 Å². The van der Waals surface area contributed by atoms with Crippen molar-refractivity contribution in [2.45, 2.75) is 38.6 Å². The number of aromatic nitrogens is 3. The molecule has 2 aromatic rings. The molecule has 1 amide bonds. The maximum Gasteiger partial charge on any atom is 0.251 e. The number of hydrogen-bond acceptors (Lipinski definition) is 5. The molecule has 0 unspecified atom stereocenters. The van der Waals surface area contributed by atoms with Gasteiger partial charge in [-0.3, -0.25) is 4.79 Å². The smallest absolute Gasteiger partial charge is 0.251 e. The van der Waals surface area contributed by atoms with Gasteiger partial charge in [-0.1, -0.05) is 6.42 Å². The van der Waals surface area contributed by atoms with Crippen molar-refractivity contribution in [2.24, 2.45) is 0 Å². The van der Waals surface area contributed by atoms with Gasteiger partial charge in [0.15, 0.2) is 11.5 Å². The zero-order chi connectivity index (χ0) is 16.4. The van der Waals surface area contributed by atoms with Gasteiger partial charge in [0.2, 0.25) is 6.79 Å². The van der Waals surface area contributed by atoms with Crippen LogP contribution in [0.4, 0.5) is 0 Å². The molecule has 7 heteroatoms. The SMILES string of the molecule is O=C(NCCc1nnc2n1CCCCC2)c1ccc2c(c1)OCO2. The lowest BCUT2D eigenvalue weighted by atomic mass is 10.2. The molecule has 24 heavy (non-hydrogen) atoms. The normalized spacial score (nSPS) is 15.7. The highest BCUT2D eigenvalue weighted by Crippen LogP contribution is 2.32. The minimum absolute atomic E-state index is 0.121. The van der Waals surface area contributed by atoms with Crippen molar-refractivity contribution < 1.29 is 14.3 Å². The van der Waals surface area contributed by atoms with Gasteiger partial charge in [-0.05, 0) is 31.0 Å². The van der Waals surface area contributed by atoms with Crippen molar-refractivity contribution in [1.82, 2.24) is 20.1 Å². The molecular formula is C17H20N4O3. The highest BCUT2D eigenvalue weighted by Gasteiger charge is 2.17. The number of fused-ring (bicyclic) bond motifs is 2. The Bertz CT molecular complexity index is 756. The molecule has 7 nitrogen and oxygen atoms in total. The van der Waals surface area contributed by atoms with E-state index in [9.17, 15) is 4.79 Å². The standard InChI is InChI=1S/C17H20N4O3/c22-17(12-5-6-13-14(10-12)24-11-23-13)18-8-7-16-20-19-15-4-2-1-3-9-21(15)16/h5-6,10H,1-4,7-9,11H2,(H,18,22). The second-order valence-corrected chi connectivity index (χ2v) is 6.07. The summed E-state index contributed by atoms with van der Waals surface area (Å²) in [5.74, 6) is 3.20. The number of carbonyl (C=O) groups excluding carboxylic acids is 1. The first-order valence-electron chi connectivity index (χ1n) is 8.40. The predicted molar refractivity (Wildman–Crippen MR) is 86.2 cm³/mol. The average Bonchev–Trinajstić information content (AvgIpc) is 3.15. The molecule has 3 heterocycles. The third kappa shape index (κ3) is 2.93. The third-order valence-corrected chi connectivity index (χ3v) is 4.46. The molecule has 1 aromatic carbocycles. The number of hydrogen-bond donors (Lipinski definition) is 1. The molecule has 1 aromatic heterocycles. The summed E-state index contributed by atoms with van der Waals surface area (Å²) < 4.78 is 12.8. The van der Waals surface area contributed by atoms with Crippen LogP contribution in [-0.2, 0) is 19.4 Å². The minimum Gasteiger partial charge on any atom is -0.454 e. The maximum atomic E-state index is 12.3. The Labute approximate surface area is 140 Å². The van der Waals surface area contributed by atoms with Crippen LogP contribution in [-0.4, -0.2) is 34.0 Å². The molecule has 0 radical (unpaired) electrons.